The fourth-order valence-electron chi connectivity index (χ4n) is 2.42. The molecule has 0 N–H and O–H groups in total. The van der Waals surface area contributed by atoms with Crippen LogP contribution in [0.25, 0.3) is 0 Å². The maximum Gasteiger partial charge on any atom is 0.346 e. The van der Waals surface area contributed by atoms with E-state index in [9.17, 15) is 19.7 Å². The molecule has 2 rings (SSSR count). The Morgan fingerprint density at radius 1 is 1.18 bits per heavy atom. The number of carbonyl (C=O) groups is 2. The standard InChI is InChI=1S/C19H18ClNO7/c1-4-27-17-9-14(15(21(24)25)10-16(17)26-3)19(23)28-11(2)18(22)12-5-7-13(20)8-6-12/h5-11H,4H2,1-3H3/t11-/m0/s1. The third-order valence-corrected chi connectivity index (χ3v) is 4.03. The quantitative estimate of drug-likeness (QED) is 0.281. The van der Waals surface area contributed by atoms with Gasteiger partial charge in [0.05, 0.1) is 24.7 Å². The molecule has 2 aromatic carbocycles. The Bertz CT molecular complexity index is 896. The molecule has 0 saturated carbocycles. The number of ether oxygens (including phenoxy) is 3. The van der Waals surface area contributed by atoms with Gasteiger partial charge in [-0.2, -0.15) is 0 Å². The highest BCUT2D eigenvalue weighted by atomic mass is 35.5. The number of halogens is 1. The molecule has 0 saturated heterocycles. The van der Waals surface area contributed by atoms with Gasteiger partial charge in [-0.25, -0.2) is 4.79 Å². The lowest BCUT2D eigenvalue weighted by atomic mass is 10.1. The minimum absolute atomic E-state index is 0.107. The van der Waals surface area contributed by atoms with Gasteiger partial charge in [-0.05, 0) is 38.1 Å². The fourth-order valence-corrected chi connectivity index (χ4v) is 2.54. The van der Waals surface area contributed by atoms with Crippen molar-refractivity contribution in [2.45, 2.75) is 20.0 Å². The monoisotopic (exact) mass is 407 g/mol. The Morgan fingerprint density at radius 3 is 2.36 bits per heavy atom. The van der Waals surface area contributed by atoms with Crippen LogP contribution >= 0.6 is 11.6 Å². The van der Waals surface area contributed by atoms with E-state index >= 15 is 0 Å². The van der Waals surface area contributed by atoms with Crippen molar-refractivity contribution in [3.63, 3.8) is 0 Å². The molecule has 0 radical (unpaired) electrons. The van der Waals surface area contributed by atoms with Gasteiger partial charge < -0.3 is 14.2 Å². The molecule has 0 aliphatic heterocycles. The van der Waals surface area contributed by atoms with Gasteiger partial charge in [0.1, 0.15) is 5.56 Å². The van der Waals surface area contributed by atoms with E-state index in [1.54, 1.807) is 6.92 Å². The summed E-state index contributed by atoms with van der Waals surface area (Å²) in [6.07, 6.45) is -1.16. The van der Waals surface area contributed by atoms with Gasteiger partial charge in [0.25, 0.3) is 5.69 Å². The Kier molecular flexibility index (Phi) is 6.94. The summed E-state index contributed by atoms with van der Waals surface area (Å²) in [6.45, 7) is 3.35. The van der Waals surface area contributed by atoms with Crippen LogP contribution in [0.2, 0.25) is 5.02 Å². The van der Waals surface area contributed by atoms with Crippen molar-refractivity contribution in [3.05, 3.63) is 62.7 Å². The molecule has 0 fully saturated rings. The van der Waals surface area contributed by atoms with Crippen LogP contribution in [0.15, 0.2) is 36.4 Å². The zero-order chi connectivity index (χ0) is 20.8. The summed E-state index contributed by atoms with van der Waals surface area (Å²) in [4.78, 5) is 35.6. The molecule has 0 aromatic heterocycles. The van der Waals surface area contributed by atoms with Crippen molar-refractivity contribution in [2.24, 2.45) is 0 Å². The number of esters is 1. The molecule has 8 nitrogen and oxygen atoms in total. The number of rotatable bonds is 8. The van der Waals surface area contributed by atoms with Gasteiger partial charge in [-0.15, -0.1) is 0 Å². The molecular weight excluding hydrogens is 390 g/mol. The second kappa shape index (κ2) is 9.18. The van der Waals surface area contributed by atoms with Crippen LogP contribution in [0.3, 0.4) is 0 Å². The molecule has 0 aliphatic carbocycles. The van der Waals surface area contributed by atoms with Crippen molar-refractivity contribution in [1.29, 1.82) is 0 Å². The zero-order valence-electron chi connectivity index (χ0n) is 15.4. The fraction of sp³-hybridized carbons (Fsp3) is 0.263. The lowest BCUT2D eigenvalue weighted by Gasteiger charge is -2.14. The lowest BCUT2D eigenvalue weighted by Crippen LogP contribution is -2.25. The van der Waals surface area contributed by atoms with E-state index < -0.39 is 28.5 Å². The van der Waals surface area contributed by atoms with Crippen LogP contribution in [0.1, 0.15) is 34.6 Å². The van der Waals surface area contributed by atoms with Crippen molar-refractivity contribution >= 4 is 29.0 Å². The summed E-state index contributed by atoms with van der Waals surface area (Å²) in [5.74, 6) is -1.23. The van der Waals surface area contributed by atoms with Gasteiger partial charge in [0.2, 0.25) is 5.78 Å². The van der Waals surface area contributed by atoms with Gasteiger partial charge in [0.15, 0.2) is 17.6 Å². The Labute approximate surface area is 166 Å². The molecule has 9 heteroatoms. The zero-order valence-corrected chi connectivity index (χ0v) is 16.2. The first-order valence-corrected chi connectivity index (χ1v) is 8.66. The summed E-state index contributed by atoms with van der Waals surface area (Å²) < 4.78 is 15.6. The second-order valence-electron chi connectivity index (χ2n) is 5.63. The number of benzene rings is 2. The number of nitro benzene ring substituents is 1. The maximum atomic E-state index is 12.5. The number of carbonyl (C=O) groups excluding carboxylic acids is 2. The van der Waals surface area contributed by atoms with Crippen molar-refractivity contribution in [3.8, 4) is 11.5 Å². The molecule has 148 valence electrons. The summed E-state index contributed by atoms with van der Waals surface area (Å²) in [5.41, 5.74) is -0.564. The van der Waals surface area contributed by atoms with Crippen molar-refractivity contribution < 1.29 is 28.7 Å². The minimum Gasteiger partial charge on any atom is -0.493 e. The van der Waals surface area contributed by atoms with Crippen LogP contribution in [0.5, 0.6) is 11.5 Å². The third-order valence-electron chi connectivity index (χ3n) is 3.78. The highest BCUT2D eigenvalue weighted by Gasteiger charge is 2.28. The predicted octanol–water partition coefficient (Wildman–Crippen LogP) is 4.08. The molecule has 0 heterocycles. The van der Waals surface area contributed by atoms with Crippen LogP contribution in [-0.2, 0) is 4.74 Å². The first kappa shape index (κ1) is 21.2. The lowest BCUT2D eigenvalue weighted by molar-refractivity contribution is -0.385. The predicted molar refractivity (Wildman–Crippen MR) is 101 cm³/mol. The Balaban J connectivity index is 2.31. The summed E-state index contributed by atoms with van der Waals surface area (Å²) >= 11 is 5.79. The van der Waals surface area contributed by atoms with E-state index in [4.69, 9.17) is 25.8 Å². The van der Waals surface area contributed by atoms with Gasteiger partial charge in [-0.1, -0.05) is 11.6 Å². The van der Waals surface area contributed by atoms with Crippen LogP contribution in [-0.4, -0.2) is 36.5 Å². The first-order valence-electron chi connectivity index (χ1n) is 8.28. The van der Waals surface area contributed by atoms with Gasteiger partial charge in [0, 0.05) is 16.7 Å². The molecule has 2 aromatic rings. The molecule has 0 aliphatic rings. The molecule has 0 spiro atoms. The Morgan fingerprint density at radius 2 is 1.82 bits per heavy atom. The van der Waals surface area contributed by atoms with Gasteiger partial charge >= 0.3 is 5.97 Å². The van der Waals surface area contributed by atoms with E-state index in [2.05, 4.69) is 0 Å². The van der Waals surface area contributed by atoms with Gasteiger partial charge in [-0.3, -0.25) is 14.9 Å². The number of nitro groups is 1. The molecule has 0 amide bonds. The molecular formula is C19H18ClNO7. The van der Waals surface area contributed by atoms with Crippen molar-refractivity contribution in [2.75, 3.05) is 13.7 Å². The van der Waals surface area contributed by atoms with Crippen molar-refractivity contribution in [1.82, 2.24) is 0 Å². The number of nitrogens with zero attached hydrogens (tertiary/aromatic N) is 1. The average Bonchev–Trinajstić information content (AvgIpc) is 2.67. The largest absolute Gasteiger partial charge is 0.493 e. The number of ketones is 1. The van der Waals surface area contributed by atoms with Crippen LogP contribution in [0, 0.1) is 10.1 Å². The van der Waals surface area contributed by atoms with E-state index in [-0.39, 0.29) is 23.7 Å². The summed E-state index contributed by atoms with van der Waals surface area (Å²) in [7, 11) is 1.33. The van der Waals surface area contributed by atoms with E-state index in [0.717, 1.165) is 6.07 Å². The molecule has 1 atom stereocenters. The van der Waals surface area contributed by atoms with Crippen LogP contribution < -0.4 is 9.47 Å². The molecule has 0 unspecified atom stereocenters. The SMILES string of the molecule is CCOc1cc(C(=O)O[C@@H](C)C(=O)c2ccc(Cl)cc2)c([N+](=O)[O-])cc1OC. The van der Waals surface area contributed by atoms with E-state index in [1.807, 2.05) is 0 Å². The molecule has 0 bridgehead atoms. The summed E-state index contributed by atoms with van der Waals surface area (Å²) in [5, 5.41) is 11.8. The minimum atomic E-state index is -1.16. The summed E-state index contributed by atoms with van der Waals surface area (Å²) in [6, 6.07) is 8.31. The third kappa shape index (κ3) is 4.77. The average molecular weight is 408 g/mol. The number of hydrogen-bond acceptors (Lipinski definition) is 7. The number of hydrogen-bond donors (Lipinski definition) is 0. The first-order chi connectivity index (χ1) is 13.3. The number of Topliss-reactive ketones (excluding diaryl/α,β-unsaturated/α-hetero) is 1. The van der Waals surface area contributed by atoms with Crippen LogP contribution in [0.4, 0.5) is 5.69 Å². The highest BCUT2D eigenvalue weighted by molar-refractivity contribution is 6.30. The van der Waals surface area contributed by atoms with E-state index in [1.165, 1.54) is 44.4 Å². The smallest absolute Gasteiger partial charge is 0.346 e. The second-order valence-corrected chi connectivity index (χ2v) is 6.07. The normalized spacial score (nSPS) is 11.4. The number of methoxy groups -OCH3 is 1. The Hall–Kier alpha value is -3.13. The topological polar surface area (TPSA) is 105 Å². The maximum absolute atomic E-state index is 12.5. The highest BCUT2D eigenvalue weighted by Crippen LogP contribution is 2.35. The van der Waals surface area contributed by atoms with E-state index in [0.29, 0.717) is 10.6 Å². The molecule has 28 heavy (non-hydrogen) atoms.